The van der Waals surface area contributed by atoms with Gasteiger partial charge in [0.1, 0.15) is 5.92 Å². The summed E-state index contributed by atoms with van der Waals surface area (Å²) < 4.78 is 0. The van der Waals surface area contributed by atoms with Gasteiger partial charge >= 0.3 is 5.97 Å². The number of nitrogens with two attached hydrogens (primary N) is 1. The van der Waals surface area contributed by atoms with E-state index in [9.17, 15) is 9.59 Å². The summed E-state index contributed by atoms with van der Waals surface area (Å²) in [4.78, 5) is 21.6. The van der Waals surface area contributed by atoms with Crippen molar-refractivity contribution in [1.82, 2.24) is 0 Å². The van der Waals surface area contributed by atoms with Crippen molar-refractivity contribution in [3.05, 3.63) is 0 Å². The highest BCUT2D eigenvalue weighted by molar-refractivity contribution is 6.00. The van der Waals surface area contributed by atoms with E-state index in [1.54, 1.807) is 13.8 Å². The topological polar surface area (TPSA) is 80.4 Å². The second-order valence-corrected chi connectivity index (χ2v) is 3.23. The number of aliphatic carboxylic acids is 1. The molecule has 0 aromatic carbocycles. The highest BCUT2D eigenvalue weighted by Gasteiger charge is 2.27. The monoisotopic (exact) mass is 173 g/mol. The molecule has 3 N–H and O–H groups in total. The van der Waals surface area contributed by atoms with E-state index < -0.39 is 23.7 Å². The van der Waals surface area contributed by atoms with Gasteiger partial charge in [-0.15, -0.1) is 0 Å². The summed E-state index contributed by atoms with van der Waals surface area (Å²) in [6.07, 6.45) is 0. The lowest BCUT2D eigenvalue weighted by Crippen LogP contribution is -2.41. The van der Waals surface area contributed by atoms with Crippen molar-refractivity contribution in [2.45, 2.75) is 26.8 Å². The quantitative estimate of drug-likeness (QED) is 0.597. The molecule has 1 unspecified atom stereocenters. The Morgan fingerprint density at radius 1 is 1.25 bits per heavy atom. The number of carbonyl (C=O) groups excluding carboxylic acids is 1. The van der Waals surface area contributed by atoms with Gasteiger partial charge in [0.05, 0.1) is 6.04 Å². The van der Waals surface area contributed by atoms with Crippen LogP contribution in [0.3, 0.4) is 0 Å². The summed E-state index contributed by atoms with van der Waals surface area (Å²) in [5.41, 5.74) is 5.49. The second-order valence-electron chi connectivity index (χ2n) is 3.23. The third-order valence-electron chi connectivity index (χ3n) is 1.84. The van der Waals surface area contributed by atoms with E-state index in [-0.39, 0.29) is 5.92 Å². The van der Waals surface area contributed by atoms with Crippen molar-refractivity contribution in [3.8, 4) is 0 Å². The Kier molecular flexibility index (Phi) is 3.89. The zero-order chi connectivity index (χ0) is 9.89. The largest absolute Gasteiger partial charge is 0.481 e. The first-order chi connectivity index (χ1) is 5.37. The number of carboxylic acids is 1. The Bertz CT molecular complexity index is 189. The van der Waals surface area contributed by atoms with Crippen LogP contribution in [0.5, 0.6) is 0 Å². The number of ketones is 1. The van der Waals surface area contributed by atoms with E-state index >= 15 is 0 Å². The molecule has 12 heavy (non-hydrogen) atoms. The van der Waals surface area contributed by atoms with Gasteiger partial charge in [0.25, 0.3) is 0 Å². The van der Waals surface area contributed by atoms with Gasteiger partial charge < -0.3 is 10.8 Å². The molecule has 0 aliphatic rings. The van der Waals surface area contributed by atoms with Gasteiger partial charge in [-0.25, -0.2) is 0 Å². The molecule has 0 rings (SSSR count). The second kappa shape index (κ2) is 4.21. The molecule has 2 atom stereocenters. The average molecular weight is 173 g/mol. The molecule has 4 nitrogen and oxygen atoms in total. The molecule has 0 aromatic rings. The van der Waals surface area contributed by atoms with Gasteiger partial charge in [0.15, 0.2) is 5.78 Å². The van der Waals surface area contributed by atoms with Crippen molar-refractivity contribution in [2.75, 3.05) is 0 Å². The Labute approximate surface area is 71.8 Å². The number of carboxylic acid groups (broad SMARTS) is 1. The molecule has 0 saturated heterocycles. The van der Waals surface area contributed by atoms with Crippen molar-refractivity contribution < 1.29 is 14.7 Å². The number of Topliss-reactive ketones (excluding diaryl/α,β-unsaturated/α-hetero) is 1. The van der Waals surface area contributed by atoms with E-state index in [1.165, 1.54) is 6.92 Å². The maximum atomic E-state index is 11.2. The predicted molar refractivity (Wildman–Crippen MR) is 44.6 cm³/mol. The fourth-order valence-electron chi connectivity index (χ4n) is 0.739. The number of hydrogen-bond acceptors (Lipinski definition) is 3. The molecule has 0 radical (unpaired) electrons. The first-order valence-electron chi connectivity index (χ1n) is 3.90. The Hall–Kier alpha value is -0.900. The van der Waals surface area contributed by atoms with Crippen LogP contribution in [0.2, 0.25) is 0 Å². The van der Waals surface area contributed by atoms with Crippen molar-refractivity contribution in [1.29, 1.82) is 0 Å². The molecule has 0 aliphatic heterocycles. The van der Waals surface area contributed by atoms with Gasteiger partial charge in [-0.05, 0) is 12.8 Å². The molecule has 0 bridgehead atoms. The zero-order valence-electron chi connectivity index (χ0n) is 7.57. The van der Waals surface area contributed by atoms with Gasteiger partial charge in [0, 0.05) is 0 Å². The van der Waals surface area contributed by atoms with Crippen molar-refractivity contribution >= 4 is 11.8 Å². The number of rotatable bonds is 4. The van der Waals surface area contributed by atoms with E-state index in [0.29, 0.717) is 0 Å². The molecule has 0 spiro atoms. The summed E-state index contributed by atoms with van der Waals surface area (Å²) in [6.45, 7) is 4.93. The fourth-order valence-corrected chi connectivity index (χ4v) is 0.739. The lowest BCUT2D eigenvalue weighted by atomic mass is 9.93. The minimum absolute atomic E-state index is 0.0145. The fraction of sp³-hybridized carbons (Fsp3) is 0.750. The highest BCUT2D eigenvalue weighted by Crippen LogP contribution is 2.06. The Morgan fingerprint density at radius 3 is 1.92 bits per heavy atom. The van der Waals surface area contributed by atoms with E-state index in [4.69, 9.17) is 10.8 Å². The predicted octanol–water partition coefficient (Wildman–Crippen LogP) is 0.259. The maximum absolute atomic E-state index is 11.2. The lowest BCUT2D eigenvalue weighted by molar-refractivity contribution is -0.146. The molecule has 0 heterocycles. The Balaban J connectivity index is 4.29. The van der Waals surface area contributed by atoms with E-state index in [1.807, 2.05) is 0 Å². The summed E-state index contributed by atoms with van der Waals surface area (Å²) >= 11 is 0. The van der Waals surface area contributed by atoms with Gasteiger partial charge in [-0.1, -0.05) is 13.8 Å². The van der Waals surface area contributed by atoms with Crippen LogP contribution in [0.4, 0.5) is 0 Å². The van der Waals surface area contributed by atoms with Crippen LogP contribution in [0.25, 0.3) is 0 Å². The van der Waals surface area contributed by atoms with E-state index in [2.05, 4.69) is 0 Å². The van der Waals surface area contributed by atoms with Crippen LogP contribution in [-0.2, 0) is 9.59 Å². The molecule has 0 amide bonds. The molecule has 0 saturated carbocycles. The smallest absolute Gasteiger partial charge is 0.313 e. The molecule has 0 aromatic heterocycles. The van der Waals surface area contributed by atoms with E-state index in [0.717, 1.165) is 0 Å². The summed E-state index contributed by atoms with van der Waals surface area (Å²) in [6, 6.07) is -0.670. The van der Waals surface area contributed by atoms with Crippen LogP contribution in [0.15, 0.2) is 0 Å². The van der Waals surface area contributed by atoms with Crippen LogP contribution in [-0.4, -0.2) is 22.9 Å². The van der Waals surface area contributed by atoms with Gasteiger partial charge in [-0.3, -0.25) is 9.59 Å². The third-order valence-corrected chi connectivity index (χ3v) is 1.84. The summed E-state index contributed by atoms with van der Waals surface area (Å²) in [5.74, 6) is -2.53. The van der Waals surface area contributed by atoms with Gasteiger partial charge in [0.2, 0.25) is 0 Å². The lowest BCUT2D eigenvalue weighted by Gasteiger charge is -2.16. The standard InChI is InChI=1S/C8H15NO3/c1-4(2)6(9)7(10)5(3)8(11)12/h4-6H,9H2,1-3H3,(H,11,12)/t5-,6?/m0/s1. The first-order valence-corrected chi connectivity index (χ1v) is 3.90. The Morgan fingerprint density at radius 2 is 1.67 bits per heavy atom. The van der Waals surface area contributed by atoms with Crippen LogP contribution < -0.4 is 5.73 Å². The first kappa shape index (κ1) is 11.1. The average Bonchev–Trinajstić information content (AvgIpc) is 2.00. The molecule has 70 valence electrons. The molecular formula is C8H15NO3. The summed E-state index contributed by atoms with van der Waals surface area (Å²) in [5, 5.41) is 8.51. The number of hydrogen-bond donors (Lipinski definition) is 2. The van der Waals surface area contributed by atoms with Gasteiger partial charge in [-0.2, -0.15) is 0 Å². The number of carbonyl (C=O) groups is 2. The van der Waals surface area contributed by atoms with Crippen LogP contribution in [0, 0.1) is 11.8 Å². The molecular weight excluding hydrogens is 158 g/mol. The van der Waals surface area contributed by atoms with Crippen molar-refractivity contribution in [2.24, 2.45) is 17.6 Å². The molecule has 0 aliphatic carbocycles. The highest BCUT2D eigenvalue weighted by atomic mass is 16.4. The minimum atomic E-state index is -1.11. The maximum Gasteiger partial charge on any atom is 0.313 e. The normalized spacial score (nSPS) is 15.8. The SMILES string of the molecule is CC(C)C(N)C(=O)[C@H](C)C(=O)O. The third kappa shape index (κ3) is 2.62. The van der Waals surface area contributed by atoms with Crippen LogP contribution >= 0.6 is 0 Å². The van der Waals surface area contributed by atoms with Crippen molar-refractivity contribution in [3.63, 3.8) is 0 Å². The molecule has 0 fully saturated rings. The zero-order valence-corrected chi connectivity index (χ0v) is 7.57. The molecule has 4 heteroatoms. The minimum Gasteiger partial charge on any atom is -0.481 e. The summed E-state index contributed by atoms with van der Waals surface area (Å²) in [7, 11) is 0. The van der Waals surface area contributed by atoms with Crippen LogP contribution in [0.1, 0.15) is 20.8 Å².